The Morgan fingerprint density at radius 1 is 0.326 bits per heavy atom. The standard InChI is InChI=1S/C70H136O17P2/c1-7-10-12-14-16-18-19-20-21-22-23-24-25-31-35-42-48-54-69(74)86-65(58-81-68(73)53-47-41-34-30-27-26-29-32-39-45-51-63(6)9-3)60-84-88(76,77)82-56-64(71)57-83-89(78,79)85-61-66(87-70(75)55-49-43-37-36-38-44-50-62(4)5)59-80-67(72)52-46-40-33-28-17-15-13-11-8-2/h62-66,71H,7-61H2,1-6H3,(H,76,77)(H,78,79)/t63?,64-,65-,66-/m1/s1. The molecule has 0 aliphatic carbocycles. The smallest absolute Gasteiger partial charge is 0.462 e. The molecule has 0 aliphatic rings. The van der Waals surface area contributed by atoms with Crippen molar-refractivity contribution in [2.45, 2.75) is 374 Å². The van der Waals surface area contributed by atoms with Gasteiger partial charge in [0.05, 0.1) is 26.4 Å². The van der Waals surface area contributed by atoms with Crippen molar-refractivity contribution in [2.24, 2.45) is 11.8 Å². The molecule has 528 valence electrons. The van der Waals surface area contributed by atoms with Crippen LogP contribution in [0.2, 0.25) is 0 Å². The Kier molecular flexibility index (Phi) is 60.8. The van der Waals surface area contributed by atoms with Gasteiger partial charge < -0.3 is 33.8 Å². The maximum atomic E-state index is 13.0. The lowest BCUT2D eigenvalue weighted by Gasteiger charge is -2.21. The number of esters is 4. The maximum absolute atomic E-state index is 13.0. The van der Waals surface area contributed by atoms with Crippen molar-refractivity contribution in [3.63, 3.8) is 0 Å². The van der Waals surface area contributed by atoms with Gasteiger partial charge in [0.15, 0.2) is 12.2 Å². The van der Waals surface area contributed by atoms with Crippen LogP contribution in [0.5, 0.6) is 0 Å². The van der Waals surface area contributed by atoms with E-state index >= 15 is 0 Å². The number of aliphatic hydroxyl groups is 1. The van der Waals surface area contributed by atoms with Crippen LogP contribution >= 0.6 is 15.6 Å². The average Bonchev–Trinajstić information content (AvgIpc) is 3.56. The molecule has 6 atom stereocenters. The van der Waals surface area contributed by atoms with Gasteiger partial charge in [-0.05, 0) is 37.5 Å². The molecule has 19 heteroatoms. The number of rotatable bonds is 69. The summed E-state index contributed by atoms with van der Waals surface area (Å²) >= 11 is 0. The molecule has 0 spiro atoms. The molecule has 89 heavy (non-hydrogen) atoms. The van der Waals surface area contributed by atoms with Crippen molar-refractivity contribution in [3.8, 4) is 0 Å². The van der Waals surface area contributed by atoms with E-state index in [0.29, 0.717) is 31.6 Å². The predicted molar refractivity (Wildman–Crippen MR) is 358 cm³/mol. The van der Waals surface area contributed by atoms with Gasteiger partial charge in [0, 0.05) is 25.7 Å². The predicted octanol–water partition coefficient (Wildman–Crippen LogP) is 20.0. The Hall–Kier alpha value is -1.94. The van der Waals surface area contributed by atoms with Crippen molar-refractivity contribution in [3.05, 3.63) is 0 Å². The van der Waals surface area contributed by atoms with Gasteiger partial charge in [-0.2, -0.15) is 0 Å². The average molecular weight is 1310 g/mol. The molecule has 17 nitrogen and oxygen atoms in total. The summed E-state index contributed by atoms with van der Waals surface area (Å²) in [7, 11) is -9.90. The lowest BCUT2D eigenvalue weighted by molar-refractivity contribution is -0.161. The number of hydrogen-bond donors (Lipinski definition) is 3. The molecule has 0 radical (unpaired) electrons. The van der Waals surface area contributed by atoms with Crippen LogP contribution in [0.25, 0.3) is 0 Å². The minimum absolute atomic E-state index is 0.102. The fraction of sp³-hybridized carbons (Fsp3) is 0.943. The molecule has 0 amide bonds. The van der Waals surface area contributed by atoms with Gasteiger partial charge in [-0.25, -0.2) is 9.13 Å². The van der Waals surface area contributed by atoms with E-state index in [-0.39, 0.29) is 25.7 Å². The fourth-order valence-corrected chi connectivity index (χ4v) is 12.1. The maximum Gasteiger partial charge on any atom is 0.472 e. The van der Waals surface area contributed by atoms with E-state index in [1.54, 1.807) is 0 Å². The molecule has 0 saturated heterocycles. The van der Waals surface area contributed by atoms with Gasteiger partial charge in [-0.3, -0.25) is 37.3 Å². The van der Waals surface area contributed by atoms with Crippen molar-refractivity contribution in [2.75, 3.05) is 39.6 Å². The number of aliphatic hydroxyl groups excluding tert-OH is 1. The first-order valence-electron chi connectivity index (χ1n) is 36.5. The van der Waals surface area contributed by atoms with Crippen molar-refractivity contribution >= 4 is 39.5 Å². The first-order chi connectivity index (χ1) is 42.9. The van der Waals surface area contributed by atoms with Crippen LogP contribution in [0.3, 0.4) is 0 Å². The highest BCUT2D eigenvalue weighted by atomic mass is 31.2. The van der Waals surface area contributed by atoms with E-state index in [9.17, 15) is 43.2 Å². The topological polar surface area (TPSA) is 237 Å². The summed E-state index contributed by atoms with van der Waals surface area (Å²) in [6.07, 6.45) is 47.3. The summed E-state index contributed by atoms with van der Waals surface area (Å²) in [5.74, 6) is -0.650. The van der Waals surface area contributed by atoms with E-state index in [0.717, 1.165) is 95.8 Å². The van der Waals surface area contributed by atoms with Crippen LogP contribution in [-0.4, -0.2) is 96.7 Å². The monoisotopic (exact) mass is 1310 g/mol. The highest BCUT2D eigenvalue weighted by molar-refractivity contribution is 7.47. The van der Waals surface area contributed by atoms with E-state index in [2.05, 4.69) is 41.5 Å². The van der Waals surface area contributed by atoms with E-state index in [1.165, 1.54) is 173 Å². The second-order valence-electron chi connectivity index (χ2n) is 26.0. The zero-order chi connectivity index (χ0) is 65.7. The van der Waals surface area contributed by atoms with Crippen LogP contribution < -0.4 is 0 Å². The molecule has 0 saturated carbocycles. The summed E-state index contributed by atoms with van der Waals surface area (Å²) in [6.45, 7) is 9.47. The number of phosphoric ester groups is 2. The van der Waals surface area contributed by atoms with E-state index < -0.39 is 97.5 Å². The highest BCUT2D eigenvalue weighted by Gasteiger charge is 2.30. The van der Waals surface area contributed by atoms with Crippen LogP contribution in [0.1, 0.15) is 356 Å². The van der Waals surface area contributed by atoms with Gasteiger partial charge in [0.2, 0.25) is 0 Å². The van der Waals surface area contributed by atoms with Gasteiger partial charge in [-0.15, -0.1) is 0 Å². The minimum Gasteiger partial charge on any atom is -0.462 e. The lowest BCUT2D eigenvalue weighted by Crippen LogP contribution is -2.30. The molecule has 0 heterocycles. The van der Waals surface area contributed by atoms with Crippen molar-refractivity contribution in [1.29, 1.82) is 0 Å². The summed E-state index contributed by atoms with van der Waals surface area (Å²) in [4.78, 5) is 72.4. The largest absolute Gasteiger partial charge is 0.472 e. The molecule has 3 unspecified atom stereocenters. The molecule has 3 N–H and O–H groups in total. The van der Waals surface area contributed by atoms with Crippen LogP contribution in [-0.2, 0) is 65.4 Å². The zero-order valence-corrected chi connectivity index (χ0v) is 59.5. The summed E-state index contributed by atoms with van der Waals surface area (Å²) in [5.41, 5.74) is 0. The third kappa shape index (κ3) is 63.2. The fourth-order valence-electron chi connectivity index (χ4n) is 10.6. The molecular formula is C70H136O17P2. The first-order valence-corrected chi connectivity index (χ1v) is 39.5. The Labute approximate surface area is 543 Å². The Morgan fingerprint density at radius 3 is 0.854 bits per heavy atom. The van der Waals surface area contributed by atoms with E-state index in [4.69, 9.17) is 37.0 Å². The summed E-state index contributed by atoms with van der Waals surface area (Å²) in [5, 5.41) is 10.6. The molecule has 0 bridgehead atoms. The molecule has 0 fully saturated rings. The van der Waals surface area contributed by atoms with Gasteiger partial charge in [0.1, 0.15) is 19.3 Å². The van der Waals surface area contributed by atoms with Crippen LogP contribution in [0.15, 0.2) is 0 Å². The number of phosphoric acid groups is 2. The number of unbranched alkanes of at least 4 members (excludes halogenated alkanes) is 38. The van der Waals surface area contributed by atoms with Crippen molar-refractivity contribution in [1.82, 2.24) is 0 Å². The second kappa shape index (κ2) is 62.2. The molecule has 0 aromatic heterocycles. The summed E-state index contributed by atoms with van der Waals surface area (Å²) in [6, 6.07) is 0. The molecule has 0 aromatic rings. The van der Waals surface area contributed by atoms with Crippen LogP contribution in [0, 0.1) is 11.8 Å². The van der Waals surface area contributed by atoms with Gasteiger partial charge in [-0.1, -0.05) is 305 Å². The highest BCUT2D eigenvalue weighted by Crippen LogP contribution is 2.45. The normalized spacial score (nSPS) is 14.4. The van der Waals surface area contributed by atoms with Gasteiger partial charge in [0.25, 0.3) is 0 Å². The molecule has 0 aromatic carbocycles. The van der Waals surface area contributed by atoms with Crippen LogP contribution in [0.4, 0.5) is 0 Å². The number of hydrogen-bond acceptors (Lipinski definition) is 15. The number of ether oxygens (including phenoxy) is 4. The number of carbonyl (C=O) groups is 4. The van der Waals surface area contributed by atoms with E-state index in [1.807, 2.05) is 0 Å². The SMILES string of the molecule is CCCCCCCCCCCCCCCCCCCC(=O)O[C@H](COC(=O)CCCCCCCCCCCCC(C)CC)COP(=O)(O)OC[C@@H](O)COP(=O)(O)OC[C@@H](COC(=O)CCCCCCCCCCC)OC(=O)CCCCCCCCC(C)C. The number of carbonyl (C=O) groups excluding carboxylic acids is 4. The first kappa shape index (κ1) is 87.1. The summed E-state index contributed by atoms with van der Waals surface area (Å²) < 4.78 is 68.2. The lowest BCUT2D eigenvalue weighted by atomic mass is 9.99. The zero-order valence-electron chi connectivity index (χ0n) is 57.7. The second-order valence-corrected chi connectivity index (χ2v) is 28.9. The Bertz CT molecular complexity index is 1740. The molecule has 0 rings (SSSR count). The third-order valence-corrected chi connectivity index (χ3v) is 18.5. The minimum atomic E-state index is -4.95. The quantitative estimate of drug-likeness (QED) is 0.0222. The Morgan fingerprint density at radius 2 is 0.573 bits per heavy atom. The van der Waals surface area contributed by atoms with Gasteiger partial charge >= 0.3 is 39.5 Å². The molecule has 0 aliphatic heterocycles. The molecular weight excluding hydrogens is 1170 g/mol. The third-order valence-electron chi connectivity index (χ3n) is 16.6. The van der Waals surface area contributed by atoms with Crippen molar-refractivity contribution < 1.29 is 80.2 Å². The Balaban J connectivity index is 5.22.